The van der Waals surface area contributed by atoms with Crippen molar-refractivity contribution in [3.8, 4) is 0 Å². The number of aromatic nitrogens is 2. The van der Waals surface area contributed by atoms with Crippen molar-refractivity contribution in [1.82, 2.24) is 9.55 Å². The van der Waals surface area contributed by atoms with Crippen LogP contribution in [0.1, 0.15) is 13.2 Å². The third kappa shape index (κ3) is 3.89. The summed E-state index contributed by atoms with van der Waals surface area (Å²) in [6, 6.07) is 0.919. The molecule has 1 aliphatic rings. The van der Waals surface area contributed by atoms with Crippen LogP contribution in [-0.4, -0.2) is 35.1 Å². The molecule has 0 amide bonds. The van der Waals surface area contributed by atoms with Crippen LogP contribution >= 0.6 is 30.0 Å². The van der Waals surface area contributed by atoms with Gasteiger partial charge in [-0.15, -0.1) is 0 Å². The Kier molecular flexibility index (Phi) is 5.55. The normalized spacial score (nSPS) is 22.1. The fourth-order valence-corrected chi connectivity index (χ4v) is 3.42. The summed E-state index contributed by atoms with van der Waals surface area (Å²) in [6.45, 7) is 3.12. The largest absolute Gasteiger partial charge is 0.454 e. The Labute approximate surface area is 148 Å². The van der Waals surface area contributed by atoms with Crippen molar-refractivity contribution in [3.05, 3.63) is 42.6 Å². The molecule has 12 heteroatoms. The first-order valence-corrected chi connectivity index (χ1v) is 10.0. The molecule has 134 valence electrons. The monoisotopic (exact) mass is 478 g/mol. The lowest BCUT2D eigenvalue weighted by molar-refractivity contribution is -0.118. The Bertz CT molecular complexity index is 820. The first-order valence-electron chi connectivity index (χ1n) is 6.68. The van der Waals surface area contributed by atoms with Crippen LogP contribution in [0.5, 0.6) is 0 Å². The summed E-state index contributed by atoms with van der Waals surface area (Å²) in [6.07, 6.45) is -1.57. The van der Waals surface area contributed by atoms with Gasteiger partial charge in [0.1, 0.15) is 3.58 Å². The summed E-state index contributed by atoms with van der Waals surface area (Å²) < 4.78 is 55.8. The Morgan fingerprint density at radius 2 is 2.17 bits per heavy atom. The second-order valence-electron chi connectivity index (χ2n) is 4.92. The zero-order valence-corrected chi connectivity index (χ0v) is 15.7. The number of aromatic amines is 1. The maximum atomic E-state index is 14.4. The van der Waals surface area contributed by atoms with Crippen LogP contribution in [0.2, 0.25) is 0 Å². The van der Waals surface area contributed by atoms with E-state index >= 15 is 0 Å². The lowest BCUT2D eigenvalue weighted by atomic mass is 10.3. The van der Waals surface area contributed by atoms with Crippen LogP contribution in [0.3, 0.4) is 0 Å². The molecule has 0 radical (unpaired) electrons. The van der Waals surface area contributed by atoms with Gasteiger partial charge in [0, 0.05) is 18.9 Å². The van der Waals surface area contributed by atoms with E-state index in [0.717, 1.165) is 12.3 Å². The van der Waals surface area contributed by atoms with E-state index in [4.69, 9.17) is 14.0 Å². The molecule has 2 heterocycles. The summed E-state index contributed by atoms with van der Waals surface area (Å²) in [4.78, 5) is 24.6. The van der Waals surface area contributed by atoms with Crippen LogP contribution in [-0.2, 0) is 18.6 Å². The Morgan fingerprint density at radius 3 is 2.75 bits per heavy atom. The Balaban J connectivity index is 2.25. The van der Waals surface area contributed by atoms with Crippen molar-refractivity contribution in [2.24, 2.45) is 0 Å². The number of halogens is 3. The van der Waals surface area contributed by atoms with Gasteiger partial charge in [-0.25, -0.2) is 4.79 Å². The number of H-pyrrole nitrogens is 1. The summed E-state index contributed by atoms with van der Waals surface area (Å²) in [7, 11) is -3.12. The van der Waals surface area contributed by atoms with Gasteiger partial charge in [0.25, 0.3) is 17.7 Å². The van der Waals surface area contributed by atoms with E-state index in [1.165, 1.54) is 29.3 Å². The number of hydrogen-bond acceptors (Lipinski definition) is 6. The highest BCUT2D eigenvalue weighted by Crippen LogP contribution is 2.50. The van der Waals surface area contributed by atoms with Gasteiger partial charge in [-0.2, -0.15) is 8.78 Å². The fraction of sp³-hybridized carbons (Fsp3) is 0.500. The highest BCUT2D eigenvalue weighted by Gasteiger charge is 2.55. The van der Waals surface area contributed by atoms with Gasteiger partial charge < -0.3 is 14.0 Å². The van der Waals surface area contributed by atoms with E-state index < -0.39 is 46.6 Å². The minimum atomic E-state index is -3.57. The SMILES string of the molecule is CCOP(C)(=O)COC1=C(I)C(F)(F)C(n2ccc(=O)[nH]c2=O)O1. The zero-order valence-electron chi connectivity index (χ0n) is 12.6. The minimum absolute atomic E-state index is 0.180. The molecule has 2 atom stereocenters. The first-order chi connectivity index (χ1) is 11.1. The second kappa shape index (κ2) is 6.96. The summed E-state index contributed by atoms with van der Waals surface area (Å²) >= 11 is 1.33. The van der Waals surface area contributed by atoms with Gasteiger partial charge in [-0.05, 0) is 29.5 Å². The predicted octanol–water partition coefficient (Wildman–Crippen LogP) is 2.22. The van der Waals surface area contributed by atoms with E-state index in [1.807, 2.05) is 4.98 Å². The number of ether oxygens (including phenoxy) is 2. The molecule has 1 aromatic rings. The molecule has 0 spiro atoms. The van der Waals surface area contributed by atoms with E-state index in [0.29, 0.717) is 4.57 Å². The first kappa shape index (κ1) is 19.1. The summed E-state index contributed by atoms with van der Waals surface area (Å²) in [5.41, 5.74) is -1.77. The van der Waals surface area contributed by atoms with Crippen LogP contribution in [0, 0.1) is 0 Å². The van der Waals surface area contributed by atoms with Gasteiger partial charge in [0.15, 0.2) is 6.35 Å². The third-order valence-corrected chi connectivity index (χ3v) is 5.50. The van der Waals surface area contributed by atoms with E-state index in [2.05, 4.69) is 0 Å². The van der Waals surface area contributed by atoms with Crippen molar-refractivity contribution in [1.29, 1.82) is 0 Å². The molecule has 2 unspecified atom stereocenters. The zero-order chi connectivity index (χ0) is 18.1. The molecular formula is C12H14F2IN2O6P. The average Bonchev–Trinajstić information content (AvgIpc) is 2.69. The number of hydrogen-bond donors (Lipinski definition) is 1. The number of rotatable bonds is 6. The molecule has 8 nitrogen and oxygen atoms in total. The summed E-state index contributed by atoms with van der Waals surface area (Å²) in [5, 5.41) is 0. The summed E-state index contributed by atoms with van der Waals surface area (Å²) in [5.74, 6) is -4.10. The van der Waals surface area contributed by atoms with E-state index in [-0.39, 0.29) is 6.61 Å². The van der Waals surface area contributed by atoms with Gasteiger partial charge in [0.05, 0.1) is 6.61 Å². The highest BCUT2D eigenvalue weighted by molar-refractivity contribution is 14.1. The smallest absolute Gasteiger partial charge is 0.340 e. The maximum Gasteiger partial charge on any atom is 0.340 e. The number of nitrogens with zero attached hydrogens (tertiary/aromatic N) is 1. The lowest BCUT2D eigenvalue weighted by Gasteiger charge is -2.20. The molecule has 0 saturated heterocycles. The fourth-order valence-electron chi connectivity index (χ4n) is 1.90. The highest BCUT2D eigenvalue weighted by atomic mass is 127. The van der Waals surface area contributed by atoms with Crippen LogP contribution < -0.4 is 11.2 Å². The van der Waals surface area contributed by atoms with Crippen molar-refractivity contribution >= 4 is 30.0 Å². The van der Waals surface area contributed by atoms with Crippen molar-refractivity contribution in [3.63, 3.8) is 0 Å². The Hall–Kier alpha value is -1.20. The molecule has 0 bridgehead atoms. The Morgan fingerprint density at radius 1 is 1.50 bits per heavy atom. The van der Waals surface area contributed by atoms with Gasteiger partial charge in [0.2, 0.25) is 7.37 Å². The molecule has 2 rings (SSSR count). The molecule has 0 aromatic carbocycles. The second-order valence-corrected chi connectivity index (χ2v) is 8.54. The predicted molar refractivity (Wildman–Crippen MR) is 88.5 cm³/mol. The van der Waals surface area contributed by atoms with Crippen molar-refractivity contribution in [2.45, 2.75) is 19.1 Å². The van der Waals surface area contributed by atoms with Crippen LogP contribution in [0.4, 0.5) is 8.78 Å². The topological polar surface area (TPSA) is 99.6 Å². The van der Waals surface area contributed by atoms with Crippen molar-refractivity contribution in [2.75, 3.05) is 19.6 Å². The van der Waals surface area contributed by atoms with Crippen molar-refractivity contribution < 1.29 is 27.3 Å². The quantitative estimate of drug-likeness (QED) is 0.498. The molecule has 1 aliphatic heterocycles. The molecule has 24 heavy (non-hydrogen) atoms. The molecule has 0 fully saturated rings. The average molecular weight is 478 g/mol. The lowest BCUT2D eigenvalue weighted by Crippen LogP contribution is -2.38. The van der Waals surface area contributed by atoms with Crippen LogP contribution in [0.15, 0.2) is 31.4 Å². The van der Waals surface area contributed by atoms with Gasteiger partial charge in [-0.1, -0.05) is 0 Å². The molecular weight excluding hydrogens is 464 g/mol. The van der Waals surface area contributed by atoms with E-state index in [1.54, 1.807) is 6.92 Å². The maximum absolute atomic E-state index is 14.4. The minimum Gasteiger partial charge on any atom is -0.454 e. The molecule has 0 saturated carbocycles. The number of nitrogens with one attached hydrogen (secondary N) is 1. The standard InChI is InChI=1S/C12H14F2IN2O6P/c1-3-22-24(2,20)6-21-9-8(15)12(13,14)10(23-9)17-5-4-7(18)16-11(17)19/h4-5,10H,3,6H2,1-2H3,(H,16,18,19). The van der Waals surface area contributed by atoms with E-state index in [9.17, 15) is 22.9 Å². The van der Waals surface area contributed by atoms with Crippen LogP contribution in [0.25, 0.3) is 0 Å². The van der Waals surface area contributed by atoms with Gasteiger partial charge in [-0.3, -0.25) is 18.9 Å². The van der Waals surface area contributed by atoms with Gasteiger partial charge >= 0.3 is 11.6 Å². The number of alkyl halides is 2. The molecule has 1 aromatic heterocycles. The third-order valence-electron chi connectivity index (χ3n) is 2.94. The molecule has 1 N–H and O–H groups in total. The molecule has 0 aliphatic carbocycles.